The van der Waals surface area contributed by atoms with Crippen molar-refractivity contribution in [2.24, 2.45) is 5.73 Å². The van der Waals surface area contributed by atoms with Gasteiger partial charge in [-0.2, -0.15) is 0 Å². The molecule has 1 aliphatic carbocycles. The van der Waals surface area contributed by atoms with Crippen LogP contribution in [0.4, 0.5) is 4.39 Å². The van der Waals surface area contributed by atoms with Gasteiger partial charge in [-0.25, -0.2) is 4.39 Å². The summed E-state index contributed by atoms with van der Waals surface area (Å²) in [5, 5.41) is 0. The van der Waals surface area contributed by atoms with Crippen molar-refractivity contribution < 1.29 is 13.9 Å². The van der Waals surface area contributed by atoms with Gasteiger partial charge in [0.05, 0.1) is 19.8 Å². The second kappa shape index (κ2) is 5.14. The fourth-order valence-electron chi connectivity index (χ4n) is 2.78. The van der Waals surface area contributed by atoms with Gasteiger partial charge in [0.2, 0.25) is 0 Å². The fraction of sp³-hybridized carbons (Fsp3) is 0.571. The lowest BCUT2D eigenvalue weighted by molar-refractivity contribution is 0.0881. The summed E-state index contributed by atoms with van der Waals surface area (Å²) in [6, 6.07) is 5.23. The van der Waals surface area contributed by atoms with Crippen molar-refractivity contribution in [2.75, 3.05) is 14.2 Å². The molecular weight excluding hydrogens is 233 g/mol. The average molecular weight is 253 g/mol. The molecule has 1 saturated carbocycles. The van der Waals surface area contributed by atoms with Crippen molar-refractivity contribution in [1.29, 1.82) is 0 Å². The van der Waals surface area contributed by atoms with Gasteiger partial charge < -0.3 is 15.2 Å². The molecule has 0 saturated heterocycles. The largest absolute Gasteiger partial charge is 0.496 e. The Balaban J connectivity index is 2.47. The standard InChI is InChI=1S/C14H20FNO2/c1-17-11-6-3-7-12(18-2)13(11)14(15)8-4-5-10(16)9-14/h3,6-7,10H,4-5,8-9,16H2,1-2H3. The summed E-state index contributed by atoms with van der Waals surface area (Å²) in [6.07, 6.45) is 2.46. The Kier molecular flexibility index (Phi) is 3.76. The molecule has 1 fully saturated rings. The van der Waals surface area contributed by atoms with Gasteiger partial charge in [-0.1, -0.05) is 6.07 Å². The van der Waals surface area contributed by atoms with Gasteiger partial charge in [0.15, 0.2) is 0 Å². The number of halogens is 1. The van der Waals surface area contributed by atoms with E-state index in [0.717, 1.165) is 12.8 Å². The van der Waals surface area contributed by atoms with Crippen LogP contribution >= 0.6 is 0 Å². The number of rotatable bonds is 3. The summed E-state index contributed by atoms with van der Waals surface area (Å²) in [4.78, 5) is 0. The van der Waals surface area contributed by atoms with E-state index in [1.54, 1.807) is 32.4 Å². The van der Waals surface area contributed by atoms with E-state index in [1.165, 1.54) is 0 Å². The molecule has 2 atom stereocenters. The minimum absolute atomic E-state index is 0.0987. The number of benzene rings is 1. The first-order valence-corrected chi connectivity index (χ1v) is 6.26. The number of hydrogen-bond donors (Lipinski definition) is 1. The van der Waals surface area contributed by atoms with E-state index in [-0.39, 0.29) is 6.04 Å². The average Bonchev–Trinajstić information content (AvgIpc) is 2.37. The van der Waals surface area contributed by atoms with Gasteiger partial charge in [-0.3, -0.25) is 0 Å². The molecule has 4 heteroatoms. The number of nitrogens with two attached hydrogens (primary N) is 1. The van der Waals surface area contributed by atoms with Crippen LogP contribution in [0.15, 0.2) is 18.2 Å². The zero-order chi connectivity index (χ0) is 13.2. The highest BCUT2D eigenvalue weighted by Crippen LogP contribution is 2.48. The molecule has 0 spiro atoms. The summed E-state index contributed by atoms with van der Waals surface area (Å²) < 4.78 is 25.8. The second-order valence-electron chi connectivity index (χ2n) is 4.86. The van der Waals surface area contributed by atoms with E-state index in [0.29, 0.717) is 29.9 Å². The van der Waals surface area contributed by atoms with Gasteiger partial charge >= 0.3 is 0 Å². The van der Waals surface area contributed by atoms with Crippen LogP contribution in [0, 0.1) is 0 Å². The molecule has 2 N–H and O–H groups in total. The van der Waals surface area contributed by atoms with Crippen molar-refractivity contribution in [1.82, 2.24) is 0 Å². The Bertz CT molecular complexity index is 402. The van der Waals surface area contributed by atoms with Crippen molar-refractivity contribution in [3.8, 4) is 11.5 Å². The predicted molar refractivity (Wildman–Crippen MR) is 68.8 cm³/mol. The number of alkyl halides is 1. The summed E-state index contributed by atoms with van der Waals surface area (Å²) in [6.45, 7) is 0. The third-order valence-corrected chi connectivity index (χ3v) is 3.61. The maximum atomic E-state index is 15.2. The van der Waals surface area contributed by atoms with Gasteiger partial charge in [0.1, 0.15) is 17.2 Å². The lowest BCUT2D eigenvalue weighted by Gasteiger charge is -2.35. The highest BCUT2D eigenvalue weighted by atomic mass is 19.1. The molecular formula is C14H20FNO2. The topological polar surface area (TPSA) is 44.5 Å². The first-order chi connectivity index (χ1) is 8.60. The van der Waals surface area contributed by atoms with Crippen molar-refractivity contribution in [3.05, 3.63) is 23.8 Å². The molecule has 2 unspecified atom stereocenters. The maximum Gasteiger partial charge on any atom is 0.144 e. The molecule has 1 aliphatic rings. The van der Waals surface area contributed by atoms with Crippen molar-refractivity contribution >= 4 is 0 Å². The van der Waals surface area contributed by atoms with E-state index in [2.05, 4.69) is 0 Å². The zero-order valence-electron chi connectivity index (χ0n) is 10.9. The smallest absolute Gasteiger partial charge is 0.144 e. The van der Waals surface area contributed by atoms with Gasteiger partial charge in [-0.15, -0.1) is 0 Å². The Labute approximate surface area is 107 Å². The van der Waals surface area contributed by atoms with Crippen LogP contribution in [0.1, 0.15) is 31.2 Å². The predicted octanol–water partition coefficient (Wildman–Crippen LogP) is 2.77. The first kappa shape index (κ1) is 13.1. The highest BCUT2D eigenvalue weighted by molar-refractivity contribution is 5.49. The van der Waals surface area contributed by atoms with Crippen LogP contribution in [0.3, 0.4) is 0 Å². The summed E-state index contributed by atoms with van der Waals surface area (Å²) >= 11 is 0. The Morgan fingerprint density at radius 3 is 2.39 bits per heavy atom. The van der Waals surface area contributed by atoms with Crippen LogP contribution in [-0.2, 0) is 5.67 Å². The molecule has 1 aromatic carbocycles. The SMILES string of the molecule is COc1cccc(OC)c1C1(F)CCCC(N)C1. The normalized spacial score (nSPS) is 27.9. The Hall–Kier alpha value is -1.29. The monoisotopic (exact) mass is 253 g/mol. The number of methoxy groups -OCH3 is 2. The number of ether oxygens (including phenoxy) is 2. The van der Waals surface area contributed by atoms with Crippen LogP contribution < -0.4 is 15.2 Å². The van der Waals surface area contributed by atoms with Crippen LogP contribution in [-0.4, -0.2) is 20.3 Å². The Morgan fingerprint density at radius 1 is 1.28 bits per heavy atom. The zero-order valence-corrected chi connectivity index (χ0v) is 10.9. The fourth-order valence-corrected chi connectivity index (χ4v) is 2.78. The van der Waals surface area contributed by atoms with Crippen LogP contribution in [0.2, 0.25) is 0 Å². The highest BCUT2D eigenvalue weighted by Gasteiger charge is 2.41. The molecule has 0 amide bonds. The first-order valence-electron chi connectivity index (χ1n) is 6.26. The van der Waals surface area contributed by atoms with Crippen LogP contribution in [0.5, 0.6) is 11.5 Å². The quantitative estimate of drug-likeness (QED) is 0.900. The number of hydrogen-bond acceptors (Lipinski definition) is 3. The molecule has 0 radical (unpaired) electrons. The lowest BCUT2D eigenvalue weighted by atomic mass is 9.78. The lowest BCUT2D eigenvalue weighted by Crippen LogP contribution is -2.36. The minimum atomic E-state index is -1.45. The van der Waals surface area contributed by atoms with Crippen molar-refractivity contribution in [3.63, 3.8) is 0 Å². The third-order valence-electron chi connectivity index (χ3n) is 3.61. The van der Waals surface area contributed by atoms with Crippen LogP contribution in [0.25, 0.3) is 0 Å². The van der Waals surface area contributed by atoms with E-state index < -0.39 is 5.67 Å². The second-order valence-corrected chi connectivity index (χ2v) is 4.86. The molecule has 1 aromatic rings. The Morgan fingerprint density at radius 2 is 1.89 bits per heavy atom. The van der Waals surface area contributed by atoms with E-state index in [1.807, 2.05) is 0 Å². The molecule has 0 bridgehead atoms. The molecule has 0 aliphatic heterocycles. The van der Waals surface area contributed by atoms with Gasteiger partial charge in [-0.05, 0) is 31.4 Å². The molecule has 0 aromatic heterocycles. The van der Waals surface area contributed by atoms with Crippen molar-refractivity contribution in [2.45, 2.75) is 37.4 Å². The molecule has 18 heavy (non-hydrogen) atoms. The van der Waals surface area contributed by atoms with E-state index >= 15 is 4.39 Å². The molecule has 2 rings (SSSR count). The maximum absolute atomic E-state index is 15.2. The summed E-state index contributed by atoms with van der Waals surface area (Å²) in [5.74, 6) is 1.07. The van der Waals surface area contributed by atoms with E-state index in [9.17, 15) is 0 Å². The minimum Gasteiger partial charge on any atom is -0.496 e. The van der Waals surface area contributed by atoms with Gasteiger partial charge in [0.25, 0.3) is 0 Å². The molecule has 0 heterocycles. The molecule has 100 valence electrons. The summed E-state index contributed by atoms with van der Waals surface area (Å²) in [5.41, 5.74) is 4.97. The molecule has 3 nitrogen and oxygen atoms in total. The van der Waals surface area contributed by atoms with E-state index in [4.69, 9.17) is 15.2 Å². The van der Waals surface area contributed by atoms with Gasteiger partial charge in [0, 0.05) is 12.5 Å². The third kappa shape index (κ3) is 2.29. The summed E-state index contributed by atoms with van der Waals surface area (Å²) in [7, 11) is 3.09.